The zero-order chi connectivity index (χ0) is 19.2. The number of oxime groups is 2. The molecule has 0 radical (unpaired) electrons. The van der Waals surface area contributed by atoms with Crippen molar-refractivity contribution in [3.8, 4) is 0 Å². The predicted octanol–water partition coefficient (Wildman–Crippen LogP) is -2.62. The monoisotopic (exact) mass is 412 g/mol. The molecule has 26 heavy (non-hydrogen) atoms. The van der Waals surface area contributed by atoms with Crippen LogP contribution in [0.5, 0.6) is 0 Å². The Balaban J connectivity index is 2.40. The zero-order valence-corrected chi connectivity index (χ0v) is 16.3. The normalized spacial score (nSPS) is 20.8. The number of nitrogens with one attached hydrogen (secondary N) is 2. The van der Waals surface area contributed by atoms with Gasteiger partial charge >= 0.3 is 20.2 Å². The van der Waals surface area contributed by atoms with E-state index >= 15 is 0 Å². The van der Waals surface area contributed by atoms with E-state index in [-0.39, 0.29) is 11.7 Å². The molecule has 2 N–H and O–H groups in total. The molecule has 2 fully saturated rings. The van der Waals surface area contributed by atoms with Gasteiger partial charge in [0.05, 0.1) is 12.5 Å². The Morgan fingerprint density at radius 1 is 0.731 bits per heavy atom. The Bertz CT molecular complexity index is 674. The van der Waals surface area contributed by atoms with Crippen molar-refractivity contribution in [1.82, 2.24) is 20.4 Å². The molecule has 150 valence electrons. The third-order valence-corrected chi connectivity index (χ3v) is 4.24. The van der Waals surface area contributed by atoms with E-state index < -0.39 is 20.2 Å². The lowest BCUT2D eigenvalue weighted by molar-refractivity contribution is 0.292. The first-order valence-electron chi connectivity index (χ1n) is 8.01. The number of piperazine rings is 2. The lowest BCUT2D eigenvalue weighted by Crippen LogP contribution is -2.55. The fraction of sp³-hybridized carbons (Fsp3) is 0.833. The van der Waals surface area contributed by atoms with Crippen LogP contribution in [-0.2, 0) is 28.8 Å². The van der Waals surface area contributed by atoms with Gasteiger partial charge in [-0.25, -0.2) is 0 Å². The van der Waals surface area contributed by atoms with Crippen LogP contribution in [0.15, 0.2) is 10.3 Å². The molecule has 0 unspecified atom stereocenters. The van der Waals surface area contributed by atoms with Crippen LogP contribution < -0.4 is 10.6 Å². The van der Waals surface area contributed by atoms with Crippen LogP contribution in [0, 0.1) is 0 Å². The summed E-state index contributed by atoms with van der Waals surface area (Å²) in [6.07, 6.45) is 1.75. The summed E-state index contributed by atoms with van der Waals surface area (Å²) in [4.78, 5) is 3.54. The van der Waals surface area contributed by atoms with Crippen molar-refractivity contribution in [2.45, 2.75) is 0 Å². The average Bonchev–Trinajstić information content (AvgIpc) is 2.57. The molecule has 0 atom stereocenters. The number of rotatable bonds is 4. The minimum absolute atomic E-state index is 0.113. The summed E-state index contributed by atoms with van der Waals surface area (Å²) < 4.78 is 54.8. The van der Waals surface area contributed by atoms with Crippen LogP contribution in [-0.4, -0.2) is 103 Å². The van der Waals surface area contributed by atoms with Crippen LogP contribution in [0.1, 0.15) is 0 Å². The first kappa shape index (κ1) is 20.7. The lowest BCUT2D eigenvalue weighted by atomic mass is 10.3. The highest BCUT2D eigenvalue weighted by molar-refractivity contribution is 7.86. The predicted molar refractivity (Wildman–Crippen MR) is 95.6 cm³/mol. The highest BCUT2D eigenvalue weighted by Gasteiger charge is 2.28. The molecule has 0 saturated carbocycles. The first-order chi connectivity index (χ1) is 12.2. The van der Waals surface area contributed by atoms with Gasteiger partial charge in [-0.05, 0) is 10.3 Å². The van der Waals surface area contributed by atoms with Crippen molar-refractivity contribution in [2.75, 3.05) is 64.9 Å². The minimum atomic E-state index is -3.84. The summed E-state index contributed by atoms with van der Waals surface area (Å²) in [5, 5.41) is 13.8. The maximum atomic E-state index is 11.4. The summed E-state index contributed by atoms with van der Waals surface area (Å²) in [6.45, 7) is 4.70. The second-order valence-corrected chi connectivity index (χ2v) is 8.98. The second kappa shape index (κ2) is 8.83. The van der Waals surface area contributed by atoms with Gasteiger partial charge in [0.1, 0.15) is 0 Å². The zero-order valence-electron chi connectivity index (χ0n) is 14.7. The summed E-state index contributed by atoms with van der Waals surface area (Å²) in [6, 6.07) is 0. The minimum Gasteiger partial charge on any atom is -0.348 e. The van der Waals surface area contributed by atoms with Gasteiger partial charge in [0.15, 0.2) is 0 Å². The molecule has 2 aliphatic heterocycles. The van der Waals surface area contributed by atoms with E-state index in [1.54, 1.807) is 9.80 Å². The first-order valence-corrected chi connectivity index (χ1v) is 11.6. The van der Waals surface area contributed by atoms with Crippen LogP contribution >= 0.6 is 0 Å². The smallest absolute Gasteiger partial charge is 0.325 e. The van der Waals surface area contributed by atoms with Gasteiger partial charge in [-0.3, -0.25) is 8.57 Å². The van der Waals surface area contributed by atoms with Crippen molar-refractivity contribution < 1.29 is 25.4 Å². The molecule has 2 saturated heterocycles. The fourth-order valence-corrected chi connectivity index (χ4v) is 2.85. The Hall–Kier alpha value is -1.64. The van der Waals surface area contributed by atoms with E-state index in [2.05, 4.69) is 29.5 Å². The molecule has 2 rings (SSSR count). The van der Waals surface area contributed by atoms with E-state index in [1.165, 1.54) is 0 Å². The molecule has 0 aromatic rings. The van der Waals surface area contributed by atoms with Crippen LogP contribution in [0.25, 0.3) is 0 Å². The quantitative estimate of drug-likeness (QED) is 0.286. The topological polar surface area (TPSA) is 142 Å². The molecule has 0 bridgehead atoms. The van der Waals surface area contributed by atoms with Gasteiger partial charge in [-0.1, -0.05) is 0 Å². The van der Waals surface area contributed by atoms with E-state index in [0.29, 0.717) is 52.4 Å². The van der Waals surface area contributed by atoms with E-state index in [9.17, 15) is 16.8 Å². The highest BCUT2D eigenvalue weighted by atomic mass is 32.2. The van der Waals surface area contributed by atoms with Crippen molar-refractivity contribution in [3.63, 3.8) is 0 Å². The molecule has 0 spiro atoms. The number of nitrogens with zero attached hydrogens (tertiary/aromatic N) is 4. The Morgan fingerprint density at radius 3 is 1.31 bits per heavy atom. The SMILES string of the molecule is CS(=O)(=O)ON=C(/C(=N\OS(C)(=O)=O)N1CCNCC1)N1CCNCC1. The van der Waals surface area contributed by atoms with Gasteiger partial charge in [-0.2, -0.15) is 16.8 Å². The average molecular weight is 412 g/mol. The summed E-state index contributed by atoms with van der Waals surface area (Å²) in [7, 11) is -7.68. The Morgan fingerprint density at radius 2 is 1.04 bits per heavy atom. The standard InChI is InChI=1S/C12H24N6O6S2/c1-25(19,20)23-15-11(17-7-3-13-4-8-17)12(16-24-26(2,21)22)18-9-5-14-6-10-18/h13-14H,3-10H2,1-2H3/b15-11+,16-12?. The van der Waals surface area contributed by atoms with E-state index in [1.807, 2.05) is 0 Å². The molecule has 0 amide bonds. The number of hydrogen-bond acceptors (Lipinski definition) is 10. The van der Waals surface area contributed by atoms with Crippen molar-refractivity contribution in [3.05, 3.63) is 0 Å². The largest absolute Gasteiger partial charge is 0.348 e. The molecule has 0 aliphatic carbocycles. The maximum Gasteiger partial charge on any atom is 0.325 e. The molecule has 2 heterocycles. The Labute approximate surface area is 153 Å². The van der Waals surface area contributed by atoms with Gasteiger partial charge in [0.25, 0.3) is 0 Å². The molecular weight excluding hydrogens is 388 g/mol. The molecule has 14 heteroatoms. The van der Waals surface area contributed by atoms with Crippen LogP contribution in [0.4, 0.5) is 0 Å². The number of amidine groups is 2. The van der Waals surface area contributed by atoms with Gasteiger partial charge in [-0.15, -0.1) is 0 Å². The third-order valence-electron chi connectivity index (χ3n) is 3.55. The van der Waals surface area contributed by atoms with Crippen molar-refractivity contribution in [2.24, 2.45) is 10.3 Å². The van der Waals surface area contributed by atoms with Crippen LogP contribution in [0.3, 0.4) is 0 Å². The van der Waals surface area contributed by atoms with E-state index in [0.717, 1.165) is 12.5 Å². The molecular formula is C12H24N6O6S2. The van der Waals surface area contributed by atoms with Gasteiger partial charge < -0.3 is 20.4 Å². The number of hydrogen-bond donors (Lipinski definition) is 2. The Kier molecular flexibility index (Phi) is 7.02. The van der Waals surface area contributed by atoms with E-state index in [4.69, 9.17) is 0 Å². The van der Waals surface area contributed by atoms with Crippen molar-refractivity contribution >= 4 is 31.9 Å². The van der Waals surface area contributed by atoms with Crippen LogP contribution in [0.2, 0.25) is 0 Å². The van der Waals surface area contributed by atoms with Gasteiger partial charge in [0.2, 0.25) is 11.7 Å². The maximum absolute atomic E-state index is 11.4. The molecule has 0 aromatic heterocycles. The third kappa shape index (κ3) is 6.93. The fourth-order valence-electron chi connectivity index (χ4n) is 2.44. The van der Waals surface area contributed by atoms with Crippen molar-refractivity contribution in [1.29, 1.82) is 0 Å². The summed E-state index contributed by atoms with van der Waals surface area (Å²) in [5.41, 5.74) is 0. The second-order valence-electron chi connectivity index (χ2n) is 5.86. The summed E-state index contributed by atoms with van der Waals surface area (Å²) in [5.74, 6) is 0.227. The molecule has 2 aliphatic rings. The molecule has 0 aromatic carbocycles. The van der Waals surface area contributed by atoms with Gasteiger partial charge in [0, 0.05) is 52.4 Å². The summed E-state index contributed by atoms with van der Waals surface area (Å²) >= 11 is 0. The highest BCUT2D eigenvalue weighted by Crippen LogP contribution is 2.07. The molecule has 12 nitrogen and oxygen atoms in total. The lowest BCUT2D eigenvalue weighted by Gasteiger charge is -2.35.